The molecule has 0 aromatic carbocycles. The molecule has 1 aliphatic rings. The maximum Gasteiger partial charge on any atom is 0.230 e. The first-order chi connectivity index (χ1) is 7.82. The quantitative estimate of drug-likeness (QED) is 0.636. The summed E-state index contributed by atoms with van der Waals surface area (Å²) in [4.78, 5) is 12.0. The maximum absolute atomic E-state index is 12.0. The van der Waals surface area contributed by atoms with Crippen LogP contribution in [0.25, 0.3) is 0 Å². The van der Waals surface area contributed by atoms with Gasteiger partial charge in [0.05, 0.1) is 24.2 Å². The van der Waals surface area contributed by atoms with Crippen LogP contribution in [0.1, 0.15) is 33.6 Å². The van der Waals surface area contributed by atoms with E-state index in [1.54, 1.807) is 13.8 Å². The number of hydrogen-bond acceptors (Lipinski definition) is 4. The van der Waals surface area contributed by atoms with Gasteiger partial charge in [-0.15, -0.1) is 0 Å². The van der Waals surface area contributed by atoms with Crippen LogP contribution >= 0.6 is 0 Å². The number of hydrogen-bond donors (Lipinski definition) is 3. The molecule has 1 aliphatic heterocycles. The molecule has 0 saturated carbocycles. The molecular weight excluding hydrogens is 220 g/mol. The lowest BCUT2D eigenvalue weighted by molar-refractivity contribution is -0.131. The molecule has 0 radical (unpaired) electrons. The Morgan fingerprint density at radius 1 is 1.71 bits per heavy atom. The molecule has 1 rings (SSSR count). The summed E-state index contributed by atoms with van der Waals surface area (Å²) < 4.78 is 5.22. The molecule has 3 unspecified atom stereocenters. The third kappa shape index (κ3) is 3.40. The second-order valence-electron chi connectivity index (χ2n) is 5.47. The number of amides is 1. The van der Waals surface area contributed by atoms with Crippen LogP contribution in [0.4, 0.5) is 0 Å². The Kier molecular flexibility index (Phi) is 4.52. The highest BCUT2D eigenvalue weighted by Crippen LogP contribution is 2.27. The van der Waals surface area contributed by atoms with E-state index in [1.807, 2.05) is 6.92 Å². The number of ether oxygens (including phenoxy) is 1. The summed E-state index contributed by atoms with van der Waals surface area (Å²) in [5, 5.41) is 12.8. The third-order valence-electron chi connectivity index (χ3n) is 3.45. The van der Waals surface area contributed by atoms with Crippen molar-refractivity contribution >= 4 is 5.91 Å². The largest absolute Gasteiger partial charge is 0.388 e. The highest BCUT2D eigenvalue weighted by Gasteiger charge is 2.44. The SMILES string of the molecule is CCCC(C)(O)CNC(=O)C1(C)COCC1N. The summed E-state index contributed by atoms with van der Waals surface area (Å²) in [5.41, 5.74) is 4.33. The van der Waals surface area contributed by atoms with Crippen LogP contribution in [0.15, 0.2) is 0 Å². The summed E-state index contributed by atoms with van der Waals surface area (Å²) in [6, 6.07) is -0.279. The van der Waals surface area contributed by atoms with Gasteiger partial charge < -0.3 is 20.9 Å². The zero-order chi connectivity index (χ0) is 13.1. The third-order valence-corrected chi connectivity index (χ3v) is 3.45. The number of carbonyl (C=O) groups excluding carboxylic acids is 1. The van der Waals surface area contributed by atoms with Crippen molar-refractivity contribution in [1.29, 1.82) is 0 Å². The number of aliphatic hydroxyl groups is 1. The highest BCUT2D eigenvalue weighted by atomic mass is 16.5. The summed E-state index contributed by atoms with van der Waals surface area (Å²) in [6.07, 6.45) is 1.54. The van der Waals surface area contributed by atoms with Crippen LogP contribution in [0.3, 0.4) is 0 Å². The first-order valence-electron chi connectivity index (χ1n) is 6.16. The number of nitrogens with one attached hydrogen (secondary N) is 1. The van der Waals surface area contributed by atoms with E-state index < -0.39 is 11.0 Å². The van der Waals surface area contributed by atoms with E-state index in [2.05, 4.69) is 5.32 Å². The van der Waals surface area contributed by atoms with Crippen LogP contribution in [-0.4, -0.2) is 42.4 Å². The molecule has 1 heterocycles. The minimum Gasteiger partial charge on any atom is -0.388 e. The Morgan fingerprint density at radius 2 is 2.35 bits per heavy atom. The summed E-state index contributed by atoms with van der Waals surface area (Å²) >= 11 is 0. The molecule has 5 heteroatoms. The van der Waals surface area contributed by atoms with E-state index in [9.17, 15) is 9.90 Å². The maximum atomic E-state index is 12.0. The fourth-order valence-electron chi connectivity index (χ4n) is 2.02. The predicted octanol–water partition coefficient (Wildman–Crippen LogP) is 0.0175. The lowest BCUT2D eigenvalue weighted by Gasteiger charge is -2.29. The van der Waals surface area contributed by atoms with E-state index in [1.165, 1.54) is 0 Å². The van der Waals surface area contributed by atoms with Crippen molar-refractivity contribution < 1.29 is 14.6 Å². The Morgan fingerprint density at radius 3 is 2.82 bits per heavy atom. The van der Waals surface area contributed by atoms with Gasteiger partial charge in [0.15, 0.2) is 0 Å². The van der Waals surface area contributed by atoms with Gasteiger partial charge in [-0.3, -0.25) is 4.79 Å². The van der Waals surface area contributed by atoms with E-state index in [0.29, 0.717) is 19.6 Å². The molecule has 3 atom stereocenters. The lowest BCUT2D eigenvalue weighted by Crippen LogP contribution is -2.52. The average Bonchev–Trinajstić information content (AvgIpc) is 2.57. The first-order valence-corrected chi connectivity index (χ1v) is 6.16. The van der Waals surface area contributed by atoms with E-state index >= 15 is 0 Å². The molecule has 5 nitrogen and oxygen atoms in total. The van der Waals surface area contributed by atoms with Crippen LogP contribution < -0.4 is 11.1 Å². The van der Waals surface area contributed by atoms with Gasteiger partial charge in [-0.2, -0.15) is 0 Å². The van der Waals surface area contributed by atoms with Gasteiger partial charge >= 0.3 is 0 Å². The molecule has 1 fully saturated rings. The highest BCUT2D eigenvalue weighted by molar-refractivity contribution is 5.83. The Balaban J connectivity index is 2.50. The van der Waals surface area contributed by atoms with E-state index in [4.69, 9.17) is 10.5 Å². The number of rotatable bonds is 5. The Bertz CT molecular complexity index is 281. The fraction of sp³-hybridized carbons (Fsp3) is 0.917. The molecule has 100 valence electrons. The summed E-state index contributed by atoms with van der Waals surface area (Å²) in [5.74, 6) is -0.140. The minimum absolute atomic E-state index is 0.140. The molecule has 0 spiro atoms. The Hall–Kier alpha value is -0.650. The van der Waals surface area contributed by atoms with Crippen molar-refractivity contribution in [1.82, 2.24) is 5.32 Å². The van der Waals surface area contributed by atoms with Crippen LogP contribution in [0.2, 0.25) is 0 Å². The minimum atomic E-state index is -0.857. The van der Waals surface area contributed by atoms with Gasteiger partial charge in [0.2, 0.25) is 5.91 Å². The standard InChI is InChI=1S/C12H24N2O3/c1-4-5-11(2,16)7-14-10(15)12(3)8-17-6-9(12)13/h9,16H,4-8,13H2,1-3H3,(H,14,15). The van der Waals surface area contributed by atoms with Crippen LogP contribution in [-0.2, 0) is 9.53 Å². The molecular formula is C12H24N2O3. The second-order valence-corrected chi connectivity index (χ2v) is 5.47. The summed E-state index contributed by atoms with van der Waals surface area (Å²) in [7, 11) is 0. The fourth-order valence-corrected chi connectivity index (χ4v) is 2.02. The number of nitrogens with two attached hydrogens (primary N) is 1. The van der Waals surface area contributed by atoms with Crippen molar-refractivity contribution in [3.63, 3.8) is 0 Å². The molecule has 17 heavy (non-hydrogen) atoms. The molecule has 0 aromatic heterocycles. The smallest absolute Gasteiger partial charge is 0.230 e. The topological polar surface area (TPSA) is 84.6 Å². The molecule has 0 aromatic rings. The molecule has 1 amide bonds. The number of carbonyl (C=O) groups is 1. The van der Waals surface area contributed by atoms with Crippen molar-refractivity contribution in [2.75, 3.05) is 19.8 Å². The van der Waals surface area contributed by atoms with Gasteiger partial charge in [0.25, 0.3) is 0 Å². The van der Waals surface area contributed by atoms with Gasteiger partial charge in [-0.05, 0) is 20.3 Å². The van der Waals surface area contributed by atoms with Gasteiger partial charge in [0.1, 0.15) is 0 Å². The van der Waals surface area contributed by atoms with E-state index in [-0.39, 0.29) is 18.5 Å². The normalized spacial score (nSPS) is 32.2. The summed E-state index contributed by atoms with van der Waals surface area (Å²) in [6.45, 7) is 6.53. The lowest BCUT2D eigenvalue weighted by atomic mass is 9.84. The first kappa shape index (κ1) is 14.4. The van der Waals surface area contributed by atoms with E-state index in [0.717, 1.165) is 6.42 Å². The van der Waals surface area contributed by atoms with Crippen molar-refractivity contribution in [3.05, 3.63) is 0 Å². The van der Waals surface area contributed by atoms with Crippen molar-refractivity contribution in [2.45, 2.75) is 45.3 Å². The van der Waals surface area contributed by atoms with Crippen molar-refractivity contribution in [2.24, 2.45) is 11.1 Å². The van der Waals surface area contributed by atoms with Gasteiger partial charge in [-0.25, -0.2) is 0 Å². The van der Waals surface area contributed by atoms with Crippen LogP contribution in [0, 0.1) is 5.41 Å². The molecule has 0 aliphatic carbocycles. The van der Waals surface area contributed by atoms with Gasteiger partial charge in [0, 0.05) is 12.6 Å². The molecule has 4 N–H and O–H groups in total. The second kappa shape index (κ2) is 5.33. The average molecular weight is 244 g/mol. The predicted molar refractivity (Wildman–Crippen MR) is 65.4 cm³/mol. The van der Waals surface area contributed by atoms with Crippen LogP contribution in [0.5, 0.6) is 0 Å². The molecule has 1 saturated heterocycles. The monoisotopic (exact) mass is 244 g/mol. The zero-order valence-electron chi connectivity index (χ0n) is 11.0. The van der Waals surface area contributed by atoms with Gasteiger partial charge in [-0.1, -0.05) is 13.3 Å². The zero-order valence-corrected chi connectivity index (χ0v) is 11.0. The van der Waals surface area contributed by atoms with Crippen molar-refractivity contribution in [3.8, 4) is 0 Å². The Labute approximate surface area is 103 Å². The molecule has 0 bridgehead atoms.